The maximum Gasteiger partial charge on any atom is 0.410 e. The first-order valence-electron chi connectivity index (χ1n) is 15.1. The van der Waals surface area contributed by atoms with Crippen molar-refractivity contribution in [3.63, 3.8) is 0 Å². The van der Waals surface area contributed by atoms with Crippen LogP contribution in [-0.2, 0) is 40.3 Å². The number of carbonyl (C=O) groups excluding carboxylic acids is 1. The fourth-order valence-electron chi connectivity index (χ4n) is 5.08. The van der Waals surface area contributed by atoms with Gasteiger partial charge < -0.3 is 20.8 Å². The number of aromatic nitrogens is 1. The maximum absolute atomic E-state index is 12.4. The topological polar surface area (TPSA) is 169 Å². The van der Waals surface area contributed by atoms with E-state index in [1.54, 1.807) is 77.9 Å². The second-order valence-corrected chi connectivity index (χ2v) is 16.4. The predicted molar refractivity (Wildman–Crippen MR) is 184 cm³/mol. The molecule has 3 rings (SSSR count). The van der Waals surface area contributed by atoms with E-state index >= 15 is 0 Å². The van der Waals surface area contributed by atoms with Crippen LogP contribution in [-0.4, -0.2) is 75.1 Å². The van der Waals surface area contributed by atoms with Crippen LogP contribution in [0.1, 0.15) is 70.2 Å². The van der Waals surface area contributed by atoms with Crippen molar-refractivity contribution in [1.29, 1.82) is 0 Å². The standard InChI is InChI=1S/C33H45N5O7S2/c1-21(39)34-28-36-26(27(46-28)20-14-23-11-17-25(18-12-23)47(8,44)45)19-13-22-9-15-24(16-10-22)35-29(37(30(40)41)32(2,3)4)38(31(42)43)33(5,6)7/h9-12,15-18,29,35H,13-14,19-20H2,1-8H3,(H,40,41)(H,42,43)(H,34,36,39). The van der Waals surface area contributed by atoms with Gasteiger partial charge in [-0.1, -0.05) is 24.3 Å². The minimum absolute atomic E-state index is 0.213. The van der Waals surface area contributed by atoms with E-state index in [4.69, 9.17) is 0 Å². The maximum atomic E-state index is 12.4. The second kappa shape index (κ2) is 14.7. The first kappa shape index (κ1) is 37.3. The highest BCUT2D eigenvalue weighted by Crippen LogP contribution is 2.29. The molecule has 0 atom stereocenters. The Kier molecular flexibility index (Phi) is 11.7. The van der Waals surface area contributed by atoms with Gasteiger partial charge in [-0.2, -0.15) is 0 Å². The van der Waals surface area contributed by atoms with Gasteiger partial charge in [-0.15, -0.1) is 11.3 Å². The summed E-state index contributed by atoms with van der Waals surface area (Å²) in [6.45, 7) is 11.7. The number of hydrogen-bond donors (Lipinski definition) is 4. The minimum Gasteiger partial charge on any atom is -0.465 e. The second-order valence-electron chi connectivity index (χ2n) is 13.3. The number of thiazole rings is 1. The third-order valence-corrected chi connectivity index (χ3v) is 9.50. The highest BCUT2D eigenvalue weighted by molar-refractivity contribution is 7.90. The monoisotopic (exact) mass is 687 g/mol. The van der Waals surface area contributed by atoms with Crippen LogP contribution in [0.15, 0.2) is 53.4 Å². The van der Waals surface area contributed by atoms with Gasteiger partial charge in [0.25, 0.3) is 0 Å². The van der Waals surface area contributed by atoms with E-state index in [1.165, 1.54) is 24.5 Å². The molecule has 3 aromatic rings. The van der Waals surface area contributed by atoms with Crippen molar-refractivity contribution in [2.24, 2.45) is 0 Å². The lowest BCUT2D eigenvalue weighted by atomic mass is 10.0. The quantitative estimate of drug-likeness (QED) is 0.159. The molecule has 0 unspecified atom stereocenters. The summed E-state index contributed by atoms with van der Waals surface area (Å²) in [7, 11) is -3.27. The fourth-order valence-corrected chi connectivity index (χ4v) is 6.76. The first-order chi connectivity index (χ1) is 21.7. The highest BCUT2D eigenvalue weighted by Gasteiger charge is 2.43. The molecule has 1 aromatic heterocycles. The zero-order valence-electron chi connectivity index (χ0n) is 28.1. The smallest absolute Gasteiger partial charge is 0.410 e. The van der Waals surface area contributed by atoms with E-state index in [-0.39, 0.29) is 10.8 Å². The van der Waals surface area contributed by atoms with Crippen LogP contribution in [0.2, 0.25) is 0 Å². The summed E-state index contributed by atoms with van der Waals surface area (Å²) in [5.41, 5.74) is 1.56. The molecule has 0 spiro atoms. The van der Waals surface area contributed by atoms with E-state index in [1.807, 2.05) is 12.1 Å². The Hall–Kier alpha value is -4.17. The average molecular weight is 688 g/mol. The molecule has 0 saturated heterocycles. The molecule has 1 heterocycles. The molecule has 47 heavy (non-hydrogen) atoms. The van der Waals surface area contributed by atoms with Gasteiger partial charge in [-0.25, -0.2) is 23.0 Å². The normalized spacial score (nSPS) is 12.1. The number of nitrogens with one attached hydrogen (secondary N) is 2. The lowest BCUT2D eigenvalue weighted by Gasteiger charge is -2.48. The number of hydrogen-bond acceptors (Lipinski definition) is 8. The van der Waals surface area contributed by atoms with Gasteiger partial charge in [0.15, 0.2) is 21.3 Å². The molecule has 0 aliphatic heterocycles. The van der Waals surface area contributed by atoms with E-state index in [0.29, 0.717) is 36.5 Å². The number of nitrogens with zero attached hydrogens (tertiary/aromatic N) is 3. The third kappa shape index (κ3) is 10.4. The summed E-state index contributed by atoms with van der Waals surface area (Å²) in [5.74, 6) is -0.213. The van der Waals surface area contributed by atoms with Crippen LogP contribution in [0.3, 0.4) is 0 Å². The molecule has 12 nitrogen and oxygen atoms in total. The van der Waals surface area contributed by atoms with E-state index in [2.05, 4.69) is 15.6 Å². The van der Waals surface area contributed by atoms with Gasteiger partial charge in [-0.3, -0.25) is 14.6 Å². The molecule has 0 aliphatic carbocycles. The number of rotatable bonds is 12. The molecule has 14 heteroatoms. The van der Waals surface area contributed by atoms with Gasteiger partial charge in [0.1, 0.15) is 0 Å². The lowest BCUT2D eigenvalue weighted by molar-refractivity contribution is -0.114. The van der Waals surface area contributed by atoms with E-state index < -0.39 is 39.4 Å². The third-order valence-electron chi connectivity index (χ3n) is 7.30. The largest absolute Gasteiger partial charge is 0.465 e. The number of anilines is 2. The van der Waals surface area contributed by atoms with E-state index in [0.717, 1.165) is 31.5 Å². The van der Waals surface area contributed by atoms with Crippen molar-refractivity contribution in [3.8, 4) is 0 Å². The highest BCUT2D eigenvalue weighted by atomic mass is 32.2. The van der Waals surface area contributed by atoms with Crippen molar-refractivity contribution >= 4 is 50.1 Å². The average Bonchev–Trinajstić information content (AvgIpc) is 3.29. The number of carbonyl (C=O) groups is 3. The Bertz CT molecular complexity index is 1640. The van der Waals surface area contributed by atoms with Crippen LogP contribution in [0, 0.1) is 0 Å². The Morgan fingerprint density at radius 3 is 1.70 bits per heavy atom. The molecule has 0 radical (unpaired) electrons. The molecular formula is C33H45N5O7S2. The van der Waals surface area contributed by atoms with E-state index in [9.17, 15) is 33.0 Å². The van der Waals surface area contributed by atoms with Crippen LogP contribution < -0.4 is 10.6 Å². The Morgan fingerprint density at radius 2 is 1.28 bits per heavy atom. The lowest BCUT2D eigenvalue weighted by Crippen LogP contribution is -2.66. The molecule has 0 aliphatic rings. The number of carboxylic acid groups (broad SMARTS) is 2. The first-order valence-corrected chi connectivity index (χ1v) is 17.8. The Labute approximate surface area is 280 Å². The molecule has 256 valence electrons. The molecular weight excluding hydrogens is 643 g/mol. The van der Waals surface area contributed by atoms with Gasteiger partial charge >= 0.3 is 12.2 Å². The summed E-state index contributed by atoms with van der Waals surface area (Å²) >= 11 is 1.42. The summed E-state index contributed by atoms with van der Waals surface area (Å²) in [5, 5.41) is 26.6. The van der Waals surface area contributed by atoms with Gasteiger partial charge in [0.05, 0.1) is 10.6 Å². The van der Waals surface area contributed by atoms with Gasteiger partial charge in [-0.05, 0) is 103 Å². The molecule has 4 N–H and O–H groups in total. The molecule has 0 fully saturated rings. The van der Waals surface area contributed by atoms with Crippen molar-refractivity contribution in [2.75, 3.05) is 16.9 Å². The summed E-state index contributed by atoms with van der Waals surface area (Å²) in [6.07, 6.45) is 0.0212. The van der Waals surface area contributed by atoms with Crippen LogP contribution >= 0.6 is 11.3 Å². The SMILES string of the molecule is CC(=O)Nc1nc(CCc2ccc(NC(N(C(=O)O)C(C)(C)C)N(C(=O)O)C(C)(C)C)cc2)c(CCc2ccc(S(C)(=O)=O)cc2)s1. The number of amides is 3. The summed E-state index contributed by atoms with van der Waals surface area (Å²) in [6, 6.07) is 14.2. The van der Waals surface area contributed by atoms with Crippen LogP contribution in [0.25, 0.3) is 0 Å². The zero-order valence-corrected chi connectivity index (χ0v) is 29.8. The molecule has 2 aromatic carbocycles. The number of sulfone groups is 1. The molecule has 0 saturated carbocycles. The van der Waals surface area contributed by atoms with Crippen LogP contribution in [0.4, 0.5) is 20.4 Å². The van der Waals surface area contributed by atoms with Gasteiger partial charge in [0.2, 0.25) is 5.91 Å². The molecule has 0 bridgehead atoms. The minimum atomic E-state index is -3.27. The van der Waals surface area contributed by atoms with Crippen LogP contribution in [0.5, 0.6) is 0 Å². The number of aryl methyl sites for hydroxylation is 4. The summed E-state index contributed by atoms with van der Waals surface area (Å²) < 4.78 is 23.6. The van der Waals surface area contributed by atoms with Crippen molar-refractivity contribution in [2.45, 2.75) is 96.4 Å². The van der Waals surface area contributed by atoms with Gasteiger partial charge in [0, 0.05) is 34.8 Å². The molecule has 3 amide bonds. The predicted octanol–water partition coefficient (Wildman–Crippen LogP) is 6.33. The summed E-state index contributed by atoms with van der Waals surface area (Å²) in [4.78, 5) is 44.6. The Balaban J connectivity index is 1.80. The zero-order chi connectivity index (χ0) is 35.3. The van der Waals surface area contributed by atoms with Crippen molar-refractivity contribution < 1.29 is 33.0 Å². The van der Waals surface area contributed by atoms with Crippen molar-refractivity contribution in [1.82, 2.24) is 14.8 Å². The number of benzene rings is 2. The Morgan fingerprint density at radius 1 is 0.809 bits per heavy atom. The van der Waals surface area contributed by atoms with Crippen molar-refractivity contribution in [3.05, 3.63) is 70.2 Å². The fraction of sp³-hybridized carbons (Fsp3) is 0.455.